The average molecular weight is 314 g/mol. The highest BCUT2D eigenvalue weighted by molar-refractivity contribution is 5.89. The number of hydrogen-bond donors (Lipinski definition) is 1. The maximum absolute atomic E-state index is 12.4. The maximum atomic E-state index is 12.4. The summed E-state index contributed by atoms with van der Waals surface area (Å²) in [6.07, 6.45) is 9.40. The number of nitrogens with one attached hydrogen (secondary N) is 1. The fourth-order valence-electron chi connectivity index (χ4n) is 3.16. The SMILES string of the molecule is CC1CCCCC1N(C)C(=O)Nc1ccc(-n2cncn2)nc1. The van der Waals surface area contributed by atoms with Crippen molar-refractivity contribution in [3.05, 3.63) is 31.0 Å². The first kappa shape index (κ1) is 15.5. The molecule has 0 aromatic carbocycles. The summed E-state index contributed by atoms with van der Waals surface area (Å²) in [5.41, 5.74) is 0.675. The van der Waals surface area contributed by atoms with Crippen molar-refractivity contribution in [3.8, 4) is 5.82 Å². The van der Waals surface area contributed by atoms with Gasteiger partial charge in [0.25, 0.3) is 0 Å². The van der Waals surface area contributed by atoms with Gasteiger partial charge in [0, 0.05) is 13.1 Å². The van der Waals surface area contributed by atoms with E-state index in [0.717, 1.165) is 6.42 Å². The molecule has 0 aliphatic heterocycles. The van der Waals surface area contributed by atoms with Gasteiger partial charge in [-0.25, -0.2) is 19.4 Å². The second kappa shape index (κ2) is 6.76. The van der Waals surface area contributed by atoms with E-state index in [1.54, 1.807) is 23.3 Å². The molecule has 2 unspecified atom stereocenters. The van der Waals surface area contributed by atoms with Crippen LogP contribution in [0, 0.1) is 5.92 Å². The Kier molecular flexibility index (Phi) is 4.55. The van der Waals surface area contributed by atoms with E-state index >= 15 is 0 Å². The Morgan fingerprint density at radius 1 is 1.35 bits per heavy atom. The van der Waals surface area contributed by atoms with Crippen molar-refractivity contribution in [2.45, 2.75) is 38.6 Å². The fraction of sp³-hybridized carbons (Fsp3) is 0.500. The minimum absolute atomic E-state index is 0.0842. The summed E-state index contributed by atoms with van der Waals surface area (Å²) in [6.45, 7) is 2.22. The third-order valence-corrected chi connectivity index (χ3v) is 4.54. The van der Waals surface area contributed by atoms with Crippen molar-refractivity contribution < 1.29 is 4.79 Å². The van der Waals surface area contributed by atoms with E-state index in [-0.39, 0.29) is 6.03 Å². The molecular formula is C16H22N6O. The Hall–Kier alpha value is -2.44. The Labute approximate surface area is 135 Å². The summed E-state index contributed by atoms with van der Waals surface area (Å²) in [7, 11) is 1.87. The standard InChI is InChI=1S/C16H22N6O/c1-12-5-3-4-6-14(12)21(2)16(23)20-13-7-8-15(18-9-13)22-11-17-10-19-22/h7-12,14H,3-6H2,1-2H3,(H,20,23). The van der Waals surface area contributed by atoms with E-state index in [4.69, 9.17) is 0 Å². The van der Waals surface area contributed by atoms with Gasteiger partial charge in [-0.1, -0.05) is 19.8 Å². The summed E-state index contributed by atoms with van der Waals surface area (Å²) in [6, 6.07) is 3.85. The second-order valence-electron chi connectivity index (χ2n) is 6.12. The minimum Gasteiger partial charge on any atom is -0.324 e. The smallest absolute Gasteiger partial charge is 0.321 e. The number of aromatic nitrogens is 4. The number of amides is 2. The number of pyridine rings is 1. The topological polar surface area (TPSA) is 75.9 Å². The molecular weight excluding hydrogens is 292 g/mol. The average Bonchev–Trinajstić information content (AvgIpc) is 3.10. The fourth-order valence-corrected chi connectivity index (χ4v) is 3.16. The lowest BCUT2D eigenvalue weighted by Gasteiger charge is -2.36. The van der Waals surface area contributed by atoms with E-state index in [9.17, 15) is 4.79 Å². The zero-order chi connectivity index (χ0) is 16.2. The maximum Gasteiger partial charge on any atom is 0.321 e. The van der Waals surface area contributed by atoms with Gasteiger partial charge in [0.2, 0.25) is 0 Å². The zero-order valence-corrected chi connectivity index (χ0v) is 13.5. The molecule has 2 atom stereocenters. The molecule has 0 saturated heterocycles. The van der Waals surface area contributed by atoms with Crippen LogP contribution in [-0.4, -0.2) is 43.8 Å². The molecule has 7 nitrogen and oxygen atoms in total. The van der Waals surface area contributed by atoms with Crippen molar-refractivity contribution in [3.63, 3.8) is 0 Å². The lowest BCUT2D eigenvalue weighted by Crippen LogP contribution is -2.44. The van der Waals surface area contributed by atoms with Gasteiger partial charge in [0.1, 0.15) is 12.7 Å². The molecule has 2 heterocycles. The number of carbonyl (C=O) groups excluding carboxylic acids is 1. The number of hydrogen-bond acceptors (Lipinski definition) is 4. The summed E-state index contributed by atoms with van der Waals surface area (Å²) >= 11 is 0. The number of anilines is 1. The van der Waals surface area contributed by atoms with E-state index in [2.05, 4.69) is 27.3 Å². The van der Waals surface area contributed by atoms with Crippen molar-refractivity contribution in [2.75, 3.05) is 12.4 Å². The summed E-state index contributed by atoms with van der Waals surface area (Å²) in [5, 5.41) is 6.93. The number of nitrogens with zero attached hydrogens (tertiary/aromatic N) is 5. The Morgan fingerprint density at radius 2 is 2.17 bits per heavy atom. The zero-order valence-electron chi connectivity index (χ0n) is 13.5. The van der Waals surface area contributed by atoms with Crippen LogP contribution < -0.4 is 5.32 Å². The molecule has 1 aliphatic carbocycles. The van der Waals surface area contributed by atoms with E-state index < -0.39 is 0 Å². The Bertz CT molecular complexity index is 639. The van der Waals surface area contributed by atoms with Crippen molar-refractivity contribution in [2.24, 2.45) is 5.92 Å². The van der Waals surface area contributed by atoms with Crippen molar-refractivity contribution in [1.29, 1.82) is 0 Å². The van der Waals surface area contributed by atoms with Crippen molar-refractivity contribution in [1.82, 2.24) is 24.6 Å². The van der Waals surface area contributed by atoms with E-state index in [1.165, 1.54) is 25.6 Å². The molecule has 0 spiro atoms. The van der Waals surface area contributed by atoms with Gasteiger partial charge in [-0.3, -0.25) is 0 Å². The summed E-state index contributed by atoms with van der Waals surface area (Å²) < 4.78 is 1.57. The molecule has 1 saturated carbocycles. The highest BCUT2D eigenvalue weighted by Gasteiger charge is 2.27. The predicted octanol–water partition coefficient (Wildman–Crippen LogP) is 2.70. The third kappa shape index (κ3) is 3.49. The molecule has 3 rings (SSSR count). The normalized spacial score (nSPS) is 21.0. The third-order valence-electron chi connectivity index (χ3n) is 4.54. The van der Waals surface area contributed by atoms with Crippen LogP contribution >= 0.6 is 0 Å². The van der Waals surface area contributed by atoms with Crippen LogP contribution in [0.4, 0.5) is 10.5 Å². The lowest BCUT2D eigenvalue weighted by atomic mass is 9.85. The highest BCUT2D eigenvalue weighted by Crippen LogP contribution is 2.27. The van der Waals surface area contributed by atoms with Gasteiger partial charge >= 0.3 is 6.03 Å². The molecule has 0 radical (unpaired) electrons. The lowest BCUT2D eigenvalue weighted by molar-refractivity contribution is 0.155. The molecule has 7 heteroatoms. The molecule has 2 aromatic rings. The molecule has 2 aromatic heterocycles. The molecule has 122 valence electrons. The Morgan fingerprint density at radius 3 is 2.83 bits per heavy atom. The highest BCUT2D eigenvalue weighted by atomic mass is 16.2. The number of carbonyl (C=O) groups is 1. The molecule has 2 amide bonds. The Balaban J connectivity index is 1.63. The van der Waals surface area contributed by atoms with Gasteiger partial charge in [-0.05, 0) is 30.9 Å². The molecule has 1 N–H and O–H groups in total. The van der Waals surface area contributed by atoms with Crippen LogP contribution in [0.1, 0.15) is 32.6 Å². The number of urea groups is 1. The minimum atomic E-state index is -0.0842. The molecule has 1 aliphatic rings. The molecule has 0 bridgehead atoms. The first-order valence-corrected chi connectivity index (χ1v) is 8.00. The van der Waals surface area contributed by atoms with Crippen LogP contribution in [0.25, 0.3) is 5.82 Å². The second-order valence-corrected chi connectivity index (χ2v) is 6.12. The van der Waals surface area contributed by atoms with Crippen LogP contribution in [0.15, 0.2) is 31.0 Å². The van der Waals surface area contributed by atoms with Crippen molar-refractivity contribution >= 4 is 11.7 Å². The van der Waals surface area contributed by atoms with Gasteiger partial charge in [0.15, 0.2) is 5.82 Å². The van der Waals surface area contributed by atoms with Gasteiger partial charge in [-0.15, -0.1) is 0 Å². The van der Waals surface area contributed by atoms with E-state index in [0.29, 0.717) is 23.5 Å². The van der Waals surface area contributed by atoms with E-state index in [1.807, 2.05) is 18.0 Å². The number of rotatable bonds is 3. The van der Waals surface area contributed by atoms with Gasteiger partial charge in [-0.2, -0.15) is 5.10 Å². The van der Waals surface area contributed by atoms with Crippen LogP contribution in [0.3, 0.4) is 0 Å². The molecule has 1 fully saturated rings. The first-order valence-electron chi connectivity index (χ1n) is 8.00. The monoisotopic (exact) mass is 314 g/mol. The van der Waals surface area contributed by atoms with Gasteiger partial charge in [0.05, 0.1) is 11.9 Å². The summed E-state index contributed by atoms with van der Waals surface area (Å²) in [4.78, 5) is 22.4. The van der Waals surface area contributed by atoms with Crippen LogP contribution in [-0.2, 0) is 0 Å². The first-order chi connectivity index (χ1) is 11.1. The van der Waals surface area contributed by atoms with Crippen LogP contribution in [0.2, 0.25) is 0 Å². The quantitative estimate of drug-likeness (QED) is 0.945. The summed E-state index contributed by atoms with van der Waals surface area (Å²) in [5.74, 6) is 1.21. The van der Waals surface area contributed by atoms with Gasteiger partial charge < -0.3 is 10.2 Å². The molecule has 23 heavy (non-hydrogen) atoms. The predicted molar refractivity (Wildman–Crippen MR) is 87.4 cm³/mol. The largest absolute Gasteiger partial charge is 0.324 e. The van der Waals surface area contributed by atoms with Crippen LogP contribution in [0.5, 0.6) is 0 Å².